The number of fused-ring (bicyclic) bond motifs is 1. The van der Waals surface area contributed by atoms with Gasteiger partial charge in [0.2, 0.25) is 0 Å². The second-order valence-corrected chi connectivity index (χ2v) is 6.00. The van der Waals surface area contributed by atoms with Gasteiger partial charge in [-0.15, -0.1) is 0 Å². The number of nitrogens with one attached hydrogen (secondary N) is 1. The third kappa shape index (κ3) is 3.34. The van der Waals surface area contributed by atoms with E-state index in [0.717, 1.165) is 0 Å². The first-order valence-electron chi connectivity index (χ1n) is 7.42. The standard InChI is InChI=1S/C18H13ClFNO4/c19-10-7-13(9-1-3-11(20)4-2-9)16-12(5-6-15(22)23)17(18(24)25)21-14(16)8-10/h1-4,7-8,21H,5-6H2,(H,22,23)(H,24,25). The highest BCUT2D eigenvalue weighted by atomic mass is 35.5. The third-order valence-corrected chi connectivity index (χ3v) is 4.14. The second-order valence-electron chi connectivity index (χ2n) is 5.56. The molecule has 128 valence electrons. The summed E-state index contributed by atoms with van der Waals surface area (Å²) in [5.74, 6) is -2.60. The number of carboxylic acids is 2. The van der Waals surface area contributed by atoms with Crippen LogP contribution in [0.4, 0.5) is 4.39 Å². The number of aliphatic carboxylic acids is 1. The first-order valence-corrected chi connectivity index (χ1v) is 7.79. The maximum Gasteiger partial charge on any atom is 0.352 e. The van der Waals surface area contributed by atoms with Crippen molar-refractivity contribution in [1.82, 2.24) is 4.98 Å². The van der Waals surface area contributed by atoms with Crippen LogP contribution >= 0.6 is 11.6 Å². The number of aromatic carboxylic acids is 1. The summed E-state index contributed by atoms with van der Waals surface area (Å²) in [6, 6.07) is 8.96. The van der Waals surface area contributed by atoms with Gasteiger partial charge in [0.05, 0.1) is 0 Å². The molecular weight excluding hydrogens is 349 g/mol. The first kappa shape index (κ1) is 17.0. The summed E-state index contributed by atoms with van der Waals surface area (Å²) in [7, 11) is 0. The minimum atomic E-state index is -1.18. The van der Waals surface area contributed by atoms with Gasteiger partial charge >= 0.3 is 11.9 Å². The minimum absolute atomic E-state index is 0.0484. The first-order chi connectivity index (χ1) is 11.9. The van der Waals surface area contributed by atoms with Crippen LogP contribution < -0.4 is 0 Å². The molecule has 0 saturated carbocycles. The Morgan fingerprint density at radius 3 is 2.40 bits per heavy atom. The topological polar surface area (TPSA) is 90.4 Å². The quantitative estimate of drug-likeness (QED) is 0.630. The molecule has 0 fully saturated rings. The van der Waals surface area contributed by atoms with Crippen LogP contribution in [0.2, 0.25) is 5.02 Å². The van der Waals surface area contributed by atoms with Crippen molar-refractivity contribution in [3.05, 3.63) is 58.5 Å². The minimum Gasteiger partial charge on any atom is -0.481 e. The van der Waals surface area contributed by atoms with Gasteiger partial charge < -0.3 is 15.2 Å². The predicted octanol–water partition coefficient (Wildman–Crippen LogP) is 4.34. The average molecular weight is 362 g/mol. The largest absolute Gasteiger partial charge is 0.481 e. The van der Waals surface area contributed by atoms with E-state index in [9.17, 15) is 19.1 Å². The molecule has 0 aliphatic carbocycles. The van der Waals surface area contributed by atoms with Crippen LogP contribution in [0.5, 0.6) is 0 Å². The maximum absolute atomic E-state index is 13.2. The number of halogens is 2. The van der Waals surface area contributed by atoms with Gasteiger partial charge in [-0.1, -0.05) is 23.7 Å². The van der Waals surface area contributed by atoms with E-state index in [1.165, 1.54) is 12.1 Å². The van der Waals surface area contributed by atoms with Crippen LogP contribution in [0.25, 0.3) is 22.0 Å². The average Bonchev–Trinajstić information content (AvgIpc) is 2.91. The van der Waals surface area contributed by atoms with Crippen molar-refractivity contribution in [2.45, 2.75) is 12.8 Å². The number of carboxylic acid groups (broad SMARTS) is 2. The van der Waals surface area contributed by atoms with Crippen molar-refractivity contribution >= 4 is 34.4 Å². The molecule has 3 N–H and O–H groups in total. The van der Waals surface area contributed by atoms with Gasteiger partial charge in [-0.25, -0.2) is 9.18 Å². The van der Waals surface area contributed by atoms with E-state index in [1.807, 2.05) is 0 Å². The van der Waals surface area contributed by atoms with E-state index in [-0.39, 0.29) is 18.5 Å². The molecule has 7 heteroatoms. The van der Waals surface area contributed by atoms with Gasteiger partial charge in [-0.2, -0.15) is 0 Å². The summed E-state index contributed by atoms with van der Waals surface area (Å²) < 4.78 is 13.2. The summed E-state index contributed by atoms with van der Waals surface area (Å²) in [6.45, 7) is 0. The summed E-state index contributed by atoms with van der Waals surface area (Å²) >= 11 is 6.14. The van der Waals surface area contributed by atoms with Crippen molar-refractivity contribution in [3.63, 3.8) is 0 Å². The van der Waals surface area contributed by atoms with E-state index in [1.54, 1.807) is 24.3 Å². The van der Waals surface area contributed by atoms with Crippen LogP contribution in [0.1, 0.15) is 22.5 Å². The fourth-order valence-electron chi connectivity index (χ4n) is 2.89. The van der Waals surface area contributed by atoms with Crippen LogP contribution in [-0.2, 0) is 11.2 Å². The number of hydrogen-bond donors (Lipinski definition) is 3. The van der Waals surface area contributed by atoms with Crippen molar-refractivity contribution in [1.29, 1.82) is 0 Å². The number of benzene rings is 2. The van der Waals surface area contributed by atoms with Gasteiger partial charge in [0.25, 0.3) is 0 Å². The van der Waals surface area contributed by atoms with Gasteiger partial charge in [0, 0.05) is 22.3 Å². The zero-order valence-corrected chi connectivity index (χ0v) is 13.6. The zero-order valence-electron chi connectivity index (χ0n) is 12.8. The van der Waals surface area contributed by atoms with Gasteiger partial charge in [-0.05, 0) is 47.4 Å². The zero-order chi connectivity index (χ0) is 18.1. The third-order valence-electron chi connectivity index (χ3n) is 3.92. The molecule has 0 aliphatic heterocycles. The molecule has 0 atom stereocenters. The Kier molecular flexibility index (Phi) is 4.46. The molecule has 0 bridgehead atoms. The van der Waals surface area contributed by atoms with E-state index < -0.39 is 17.8 Å². The van der Waals surface area contributed by atoms with E-state index >= 15 is 0 Å². The van der Waals surface area contributed by atoms with E-state index in [2.05, 4.69) is 4.98 Å². The Morgan fingerprint density at radius 1 is 1.12 bits per heavy atom. The Bertz CT molecular complexity index is 979. The summed E-state index contributed by atoms with van der Waals surface area (Å²) in [5, 5.41) is 19.4. The Hall–Kier alpha value is -2.86. The fraction of sp³-hybridized carbons (Fsp3) is 0.111. The molecule has 5 nitrogen and oxygen atoms in total. The molecule has 0 radical (unpaired) electrons. The number of carbonyl (C=O) groups is 2. The lowest BCUT2D eigenvalue weighted by Crippen LogP contribution is -2.04. The molecule has 1 heterocycles. The Labute approximate surface area is 146 Å². The number of hydrogen-bond acceptors (Lipinski definition) is 2. The lowest BCUT2D eigenvalue weighted by atomic mass is 9.96. The molecule has 0 amide bonds. The molecule has 0 aliphatic rings. The smallest absolute Gasteiger partial charge is 0.352 e. The molecule has 2 aromatic carbocycles. The molecular formula is C18H13ClFNO4. The number of H-pyrrole nitrogens is 1. The molecule has 0 saturated heterocycles. The van der Waals surface area contributed by atoms with Crippen molar-refractivity contribution in [2.75, 3.05) is 0 Å². The van der Waals surface area contributed by atoms with Crippen LogP contribution in [0.15, 0.2) is 36.4 Å². The van der Waals surface area contributed by atoms with Gasteiger partial charge in [-0.3, -0.25) is 4.79 Å². The Morgan fingerprint density at radius 2 is 1.80 bits per heavy atom. The van der Waals surface area contributed by atoms with Crippen LogP contribution in [0, 0.1) is 5.82 Å². The molecule has 3 rings (SSSR count). The highest BCUT2D eigenvalue weighted by molar-refractivity contribution is 6.32. The van der Waals surface area contributed by atoms with Gasteiger partial charge in [0.15, 0.2) is 0 Å². The monoisotopic (exact) mass is 361 g/mol. The van der Waals surface area contributed by atoms with Gasteiger partial charge in [0.1, 0.15) is 11.5 Å². The van der Waals surface area contributed by atoms with Crippen molar-refractivity contribution in [2.24, 2.45) is 0 Å². The summed E-state index contributed by atoms with van der Waals surface area (Å²) in [4.78, 5) is 25.3. The Balaban J connectivity index is 2.30. The van der Waals surface area contributed by atoms with E-state index in [4.69, 9.17) is 16.7 Å². The van der Waals surface area contributed by atoms with Crippen LogP contribution in [0.3, 0.4) is 0 Å². The molecule has 1 aromatic heterocycles. The molecule has 0 spiro atoms. The molecule has 3 aromatic rings. The van der Waals surface area contributed by atoms with Crippen LogP contribution in [-0.4, -0.2) is 27.1 Å². The lowest BCUT2D eigenvalue weighted by Gasteiger charge is -2.08. The number of rotatable bonds is 5. The normalized spacial score (nSPS) is 11.0. The van der Waals surface area contributed by atoms with Crippen molar-refractivity contribution in [3.8, 4) is 11.1 Å². The lowest BCUT2D eigenvalue weighted by molar-refractivity contribution is -0.136. The predicted molar refractivity (Wildman–Crippen MR) is 91.6 cm³/mol. The maximum atomic E-state index is 13.2. The van der Waals surface area contributed by atoms with Crippen molar-refractivity contribution < 1.29 is 24.2 Å². The fourth-order valence-corrected chi connectivity index (χ4v) is 3.11. The SMILES string of the molecule is O=C(O)CCc1c(C(=O)O)[nH]c2cc(Cl)cc(-c3ccc(F)cc3)c12. The summed E-state index contributed by atoms with van der Waals surface area (Å²) in [5.41, 5.74) is 2.08. The number of aryl methyl sites for hydroxylation is 1. The number of aromatic nitrogens is 1. The number of aromatic amines is 1. The molecule has 25 heavy (non-hydrogen) atoms. The molecule has 0 unspecified atom stereocenters. The highest BCUT2D eigenvalue weighted by Crippen LogP contribution is 2.36. The second kappa shape index (κ2) is 6.57. The highest BCUT2D eigenvalue weighted by Gasteiger charge is 2.21. The van der Waals surface area contributed by atoms with E-state index in [0.29, 0.717) is 32.6 Å². The summed E-state index contributed by atoms with van der Waals surface area (Å²) in [6.07, 6.45) is -0.161.